The lowest BCUT2D eigenvalue weighted by atomic mass is 9.96. The van der Waals surface area contributed by atoms with Crippen LogP contribution in [0.1, 0.15) is 46.0 Å². The minimum atomic E-state index is -0.883. The van der Waals surface area contributed by atoms with Crippen molar-refractivity contribution in [2.75, 3.05) is 33.3 Å². The zero-order chi connectivity index (χ0) is 25.3. The number of aliphatic hydroxyl groups is 1. The number of aliphatic hydroxyl groups excluding tert-OH is 1. The molecule has 3 unspecified atom stereocenters. The molecule has 34 heavy (non-hydrogen) atoms. The molecule has 190 valence electrons. The standard InChI is InChI=1S/C25H40N4O5/c1-6-18-8-7-12-26-21(31)15-28-24(32)20(11-13-30)29(5)25(33)22(16(2)3)27-14-19-10-9-17(4)23(18)34-19/h6,16,19-20,22,27,30H,1,4,7-15H2,2-3,5H3,(H,26,31)(H,28,32). The van der Waals surface area contributed by atoms with Crippen molar-refractivity contribution in [3.8, 4) is 0 Å². The van der Waals surface area contributed by atoms with E-state index >= 15 is 0 Å². The predicted molar refractivity (Wildman–Crippen MR) is 131 cm³/mol. The maximum absolute atomic E-state index is 13.3. The van der Waals surface area contributed by atoms with Gasteiger partial charge in [-0.05, 0) is 49.2 Å². The lowest BCUT2D eigenvalue weighted by Crippen LogP contribution is -2.56. The number of hydrogen-bond acceptors (Lipinski definition) is 6. The van der Waals surface area contributed by atoms with E-state index in [9.17, 15) is 19.5 Å². The Labute approximate surface area is 202 Å². The Balaban J connectivity index is 2.31. The molecule has 0 spiro atoms. The number of nitrogens with one attached hydrogen (secondary N) is 3. The van der Waals surface area contributed by atoms with E-state index in [4.69, 9.17) is 4.74 Å². The van der Waals surface area contributed by atoms with Gasteiger partial charge in [-0.2, -0.15) is 0 Å². The Bertz CT molecular complexity index is 807. The summed E-state index contributed by atoms with van der Waals surface area (Å²) in [6, 6.07) is -1.42. The Morgan fingerprint density at radius 2 is 1.97 bits per heavy atom. The molecule has 2 rings (SSSR count). The highest BCUT2D eigenvalue weighted by Gasteiger charge is 2.33. The second kappa shape index (κ2) is 13.3. The highest BCUT2D eigenvalue weighted by Crippen LogP contribution is 2.30. The smallest absolute Gasteiger partial charge is 0.243 e. The van der Waals surface area contributed by atoms with E-state index in [1.807, 2.05) is 13.8 Å². The Morgan fingerprint density at radius 1 is 1.24 bits per heavy atom. The fourth-order valence-electron chi connectivity index (χ4n) is 4.23. The van der Waals surface area contributed by atoms with Crippen LogP contribution in [0.5, 0.6) is 0 Å². The van der Waals surface area contributed by atoms with Crippen molar-refractivity contribution in [1.29, 1.82) is 0 Å². The first-order chi connectivity index (χ1) is 16.2. The number of nitrogens with zero attached hydrogens (tertiary/aromatic N) is 1. The number of carbonyl (C=O) groups is 3. The van der Waals surface area contributed by atoms with Gasteiger partial charge in [0.15, 0.2) is 0 Å². The van der Waals surface area contributed by atoms with Gasteiger partial charge in [0.1, 0.15) is 17.9 Å². The van der Waals surface area contributed by atoms with Crippen molar-refractivity contribution in [2.45, 2.75) is 64.1 Å². The van der Waals surface area contributed by atoms with Crippen molar-refractivity contribution in [3.63, 3.8) is 0 Å². The van der Waals surface area contributed by atoms with E-state index in [1.54, 1.807) is 13.1 Å². The third-order valence-electron chi connectivity index (χ3n) is 6.30. The molecule has 2 aliphatic heterocycles. The first-order valence-electron chi connectivity index (χ1n) is 12.0. The number of rotatable bonds is 4. The number of amides is 3. The monoisotopic (exact) mass is 476 g/mol. The third kappa shape index (κ3) is 7.43. The highest BCUT2D eigenvalue weighted by atomic mass is 16.5. The van der Waals surface area contributed by atoms with Crippen molar-refractivity contribution < 1.29 is 24.2 Å². The number of likely N-dealkylation sites (N-methyl/N-ethyl adjacent to an activating group) is 1. The van der Waals surface area contributed by atoms with Crippen LogP contribution in [-0.2, 0) is 19.1 Å². The average Bonchev–Trinajstić information content (AvgIpc) is 2.81. The molecule has 3 atom stereocenters. The van der Waals surface area contributed by atoms with Crippen LogP contribution in [0, 0.1) is 5.92 Å². The summed E-state index contributed by atoms with van der Waals surface area (Å²) >= 11 is 0. The molecule has 4 N–H and O–H groups in total. The minimum Gasteiger partial charge on any atom is -0.489 e. The molecule has 0 aromatic carbocycles. The number of hydrogen-bond donors (Lipinski definition) is 4. The third-order valence-corrected chi connectivity index (χ3v) is 6.30. The van der Waals surface area contributed by atoms with Crippen LogP contribution < -0.4 is 16.0 Å². The first-order valence-corrected chi connectivity index (χ1v) is 12.0. The summed E-state index contributed by atoms with van der Waals surface area (Å²) in [4.78, 5) is 39.7. The predicted octanol–water partition coefficient (Wildman–Crippen LogP) is 1.01. The molecular formula is C25H40N4O5. The van der Waals surface area contributed by atoms with Crippen LogP contribution in [0.25, 0.3) is 0 Å². The van der Waals surface area contributed by atoms with Gasteiger partial charge in [0.25, 0.3) is 0 Å². The van der Waals surface area contributed by atoms with Crippen LogP contribution >= 0.6 is 0 Å². The Kier molecular flexibility index (Phi) is 10.8. The largest absolute Gasteiger partial charge is 0.489 e. The molecule has 0 aromatic heterocycles. The maximum atomic E-state index is 13.3. The van der Waals surface area contributed by atoms with Crippen LogP contribution in [0.2, 0.25) is 0 Å². The second-order valence-electron chi connectivity index (χ2n) is 9.22. The zero-order valence-electron chi connectivity index (χ0n) is 20.7. The molecule has 9 heteroatoms. The van der Waals surface area contributed by atoms with Gasteiger partial charge in [-0.3, -0.25) is 14.4 Å². The van der Waals surface area contributed by atoms with E-state index in [2.05, 4.69) is 29.1 Å². The highest BCUT2D eigenvalue weighted by molar-refractivity contribution is 5.91. The molecule has 0 aliphatic carbocycles. The van der Waals surface area contributed by atoms with E-state index in [1.165, 1.54) is 4.90 Å². The fraction of sp³-hybridized carbons (Fsp3) is 0.640. The molecule has 3 amide bonds. The van der Waals surface area contributed by atoms with Crippen LogP contribution in [0.3, 0.4) is 0 Å². The number of fused-ring (bicyclic) bond motifs is 2. The summed E-state index contributed by atoms with van der Waals surface area (Å²) in [5.74, 6) is -0.336. The van der Waals surface area contributed by atoms with Crippen LogP contribution in [0.15, 0.2) is 36.1 Å². The summed E-state index contributed by atoms with van der Waals surface area (Å²) in [7, 11) is 1.55. The van der Waals surface area contributed by atoms with Gasteiger partial charge in [0.05, 0.1) is 12.6 Å². The maximum Gasteiger partial charge on any atom is 0.243 e. The lowest BCUT2D eigenvalue weighted by Gasteiger charge is -2.34. The molecule has 2 heterocycles. The fourth-order valence-corrected chi connectivity index (χ4v) is 4.23. The zero-order valence-corrected chi connectivity index (χ0v) is 20.7. The average molecular weight is 477 g/mol. The number of allylic oxidation sites excluding steroid dienone is 3. The van der Waals surface area contributed by atoms with Crippen molar-refractivity contribution in [3.05, 3.63) is 36.1 Å². The quantitative estimate of drug-likeness (QED) is 0.481. The molecule has 0 radical (unpaired) electrons. The van der Waals surface area contributed by atoms with Gasteiger partial charge in [0, 0.05) is 26.7 Å². The molecule has 0 saturated carbocycles. The number of ether oxygens (including phenoxy) is 1. The van der Waals surface area contributed by atoms with E-state index < -0.39 is 18.0 Å². The summed E-state index contributed by atoms with van der Waals surface area (Å²) in [5.41, 5.74) is 1.87. The van der Waals surface area contributed by atoms with Gasteiger partial charge in [-0.25, -0.2) is 0 Å². The second-order valence-corrected chi connectivity index (χ2v) is 9.22. The SMILES string of the molecule is C=CC1=C2OC(CCC2=C)CNC(C(C)C)C(=O)N(C)C(CCO)C(=O)NCC(=O)NCCC1. The molecule has 9 nitrogen and oxygen atoms in total. The normalized spacial score (nSPS) is 26.4. The molecule has 1 fully saturated rings. The summed E-state index contributed by atoms with van der Waals surface area (Å²) in [5, 5.41) is 18.2. The van der Waals surface area contributed by atoms with Gasteiger partial charge < -0.3 is 30.7 Å². The lowest BCUT2D eigenvalue weighted by molar-refractivity contribution is -0.142. The molecule has 2 aliphatic rings. The van der Waals surface area contributed by atoms with Gasteiger partial charge in [-0.15, -0.1) is 0 Å². The molecular weight excluding hydrogens is 436 g/mol. The Morgan fingerprint density at radius 3 is 2.62 bits per heavy atom. The summed E-state index contributed by atoms with van der Waals surface area (Å²) < 4.78 is 6.27. The van der Waals surface area contributed by atoms with E-state index in [0.717, 1.165) is 29.7 Å². The first kappa shape index (κ1) is 27.6. The molecule has 0 aromatic rings. The van der Waals surface area contributed by atoms with Crippen LogP contribution in [0.4, 0.5) is 0 Å². The van der Waals surface area contributed by atoms with Crippen molar-refractivity contribution in [2.24, 2.45) is 5.92 Å². The Hall–Kier alpha value is -2.65. The van der Waals surface area contributed by atoms with Gasteiger partial charge in [-0.1, -0.05) is 33.1 Å². The molecule has 2 bridgehead atoms. The minimum absolute atomic E-state index is 0.0403. The number of carbonyl (C=O) groups excluding carboxylic acids is 3. The summed E-state index contributed by atoms with van der Waals surface area (Å²) in [6.07, 6.45) is 4.63. The summed E-state index contributed by atoms with van der Waals surface area (Å²) in [6.45, 7) is 12.4. The van der Waals surface area contributed by atoms with E-state index in [-0.39, 0.29) is 43.4 Å². The van der Waals surface area contributed by atoms with E-state index in [0.29, 0.717) is 25.9 Å². The van der Waals surface area contributed by atoms with Crippen molar-refractivity contribution >= 4 is 17.7 Å². The van der Waals surface area contributed by atoms with Gasteiger partial charge in [0.2, 0.25) is 17.7 Å². The molecule has 1 saturated heterocycles. The van der Waals surface area contributed by atoms with Gasteiger partial charge >= 0.3 is 0 Å². The van der Waals surface area contributed by atoms with Crippen molar-refractivity contribution in [1.82, 2.24) is 20.9 Å². The topological polar surface area (TPSA) is 120 Å². The van der Waals surface area contributed by atoms with Crippen LogP contribution in [-0.4, -0.2) is 79.2 Å².